The Kier molecular flexibility index (Phi) is 3.18. The van der Waals surface area contributed by atoms with Crippen LogP contribution in [0, 0.1) is 0 Å². The summed E-state index contributed by atoms with van der Waals surface area (Å²) in [4.78, 5) is 11.7. The fourth-order valence-electron chi connectivity index (χ4n) is 1.68. The maximum atomic E-state index is 11.8. The van der Waals surface area contributed by atoms with E-state index in [-0.39, 0.29) is 16.8 Å². The maximum Gasteiger partial charge on any atom is 0.267 e. The van der Waals surface area contributed by atoms with Gasteiger partial charge in [-0.15, -0.1) is 0 Å². The van der Waals surface area contributed by atoms with Crippen molar-refractivity contribution in [3.8, 4) is 0 Å². The zero-order valence-electron chi connectivity index (χ0n) is 9.31. The first kappa shape index (κ1) is 12.4. The summed E-state index contributed by atoms with van der Waals surface area (Å²) in [5, 5.41) is 2.65. The molecule has 94 valence electrons. The Morgan fingerprint density at radius 1 is 1.59 bits per heavy atom. The molecule has 0 saturated heterocycles. The first-order valence-corrected chi connectivity index (χ1v) is 7.69. The van der Waals surface area contributed by atoms with E-state index in [4.69, 9.17) is 10.7 Å². The number of hydrogen-bond acceptors (Lipinski definition) is 3. The fraction of sp³-hybridized carbons (Fsp3) is 0.500. The lowest BCUT2D eigenvalue weighted by Gasteiger charge is -2.06. The summed E-state index contributed by atoms with van der Waals surface area (Å²) in [5.41, 5.74) is 0.355. The topological polar surface area (TPSA) is 68.2 Å². The summed E-state index contributed by atoms with van der Waals surface area (Å²) in [5.74, 6) is -0.272. The van der Waals surface area contributed by atoms with E-state index in [1.807, 2.05) is 6.92 Å². The van der Waals surface area contributed by atoms with Gasteiger partial charge in [-0.3, -0.25) is 4.79 Å². The van der Waals surface area contributed by atoms with Gasteiger partial charge < -0.3 is 9.88 Å². The predicted octanol–water partition coefficient (Wildman–Crippen LogP) is 1.50. The van der Waals surface area contributed by atoms with Crippen molar-refractivity contribution in [2.45, 2.75) is 30.7 Å². The van der Waals surface area contributed by atoms with Crippen LogP contribution in [0.5, 0.6) is 0 Å². The molecule has 7 heteroatoms. The lowest BCUT2D eigenvalue weighted by Crippen LogP contribution is -2.25. The Balaban J connectivity index is 2.42. The van der Waals surface area contributed by atoms with Crippen LogP contribution in [0.2, 0.25) is 0 Å². The van der Waals surface area contributed by atoms with Gasteiger partial charge in [0.1, 0.15) is 10.6 Å². The number of nitrogens with zero attached hydrogens (tertiary/aromatic N) is 1. The van der Waals surface area contributed by atoms with Gasteiger partial charge in [0.05, 0.1) is 0 Å². The highest BCUT2D eigenvalue weighted by Crippen LogP contribution is 2.37. The lowest BCUT2D eigenvalue weighted by molar-refractivity contribution is 0.0946. The second kappa shape index (κ2) is 4.34. The molecule has 0 aliphatic heterocycles. The molecule has 1 fully saturated rings. The second-order valence-corrected chi connectivity index (χ2v) is 6.56. The highest BCUT2D eigenvalue weighted by Gasteiger charge is 2.29. The molecule has 1 amide bonds. The number of halogens is 1. The Morgan fingerprint density at radius 3 is 2.71 bits per heavy atom. The fourth-order valence-corrected chi connectivity index (χ4v) is 2.42. The van der Waals surface area contributed by atoms with Gasteiger partial charge in [0.15, 0.2) is 0 Å². The van der Waals surface area contributed by atoms with E-state index in [1.54, 1.807) is 4.57 Å². The van der Waals surface area contributed by atoms with Crippen LogP contribution < -0.4 is 5.32 Å². The Morgan fingerprint density at radius 2 is 2.24 bits per heavy atom. The van der Waals surface area contributed by atoms with E-state index in [2.05, 4.69) is 5.32 Å². The molecular weight excluding hydrogens is 264 g/mol. The van der Waals surface area contributed by atoms with Crippen LogP contribution in [0.25, 0.3) is 0 Å². The minimum atomic E-state index is -3.79. The van der Waals surface area contributed by atoms with Crippen molar-refractivity contribution in [1.29, 1.82) is 0 Å². The summed E-state index contributed by atoms with van der Waals surface area (Å²) in [7, 11) is 1.49. The number of hydrogen-bond donors (Lipinski definition) is 1. The van der Waals surface area contributed by atoms with Crippen LogP contribution in [0.4, 0.5) is 0 Å². The smallest absolute Gasteiger partial charge is 0.267 e. The Hall–Kier alpha value is -1.01. The normalized spacial score (nSPS) is 15.9. The highest BCUT2D eigenvalue weighted by atomic mass is 35.7. The molecule has 1 saturated carbocycles. The number of aromatic nitrogens is 1. The van der Waals surface area contributed by atoms with E-state index < -0.39 is 9.05 Å². The summed E-state index contributed by atoms with van der Waals surface area (Å²) in [6.07, 6.45) is 3.36. The van der Waals surface area contributed by atoms with Crippen molar-refractivity contribution >= 4 is 25.6 Å². The van der Waals surface area contributed by atoms with Crippen LogP contribution in [0.1, 0.15) is 36.3 Å². The highest BCUT2D eigenvalue weighted by molar-refractivity contribution is 8.13. The van der Waals surface area contributed by atoms with Gasteiger partial charge in [-0.05, 0) is 25.8 Å². The van der Waals surface area contributed by atoms with Crippen LogP contribution in [0.15, 0.2) is 17.2 Å². The molecule has 2 rings (SSSR count). The minimum Gasteiger partial charge on any atom is -0.351 e. The summed E-state index contributed by atoms with van der Waals surface area (Å²) in [6.45, 7) is 2.30. The number of nitrogens with one attached hydrogen (secondary N) is 1. The molecule has 5 nitrogen and oxygen atoms in total. The van der Waals surface area contributed by atoms with E-state index >= 15 is 0 Å². The molecule has 1 aliphatic rings. The molecule has 0 atom stereocenters. The van der Waals surface area contributed by atoms with E-state index in [0.717, 1.165) is 12.8 Å². The van der Waals surface area contributed by atoms with Gasteiger partial charge in [-0.25, -0.2) is 8.42 Å². The largest absolute Gasteiger partial charge is 0.351 e. The zero-order valence-corrected chi connectivity index (χ0v) is 10.9. The first-order chi connectivity index (χ1) is 7.93. The second-order valence-electron chi connectivity index (χ2n) is 4.00. The van der Waals surface area contributed by atoms with E-state index in [0.29, 0.717) is 12.2 Å². The lowest BCUT2D eigenvalue weighted by atomic mass is 10.4. The average Bonchev–Trinajstić information content (AvgIpc) is 2.95. The Bertz CT molecular complexity index is 546. The summed E-state index contributed by atoms with van der Waals surface area (Å²) < 4.78 is 24.2. The van der Waals surface area contributed by atoms with Crippen LogP contribution in [0.3, 0.4) is 0 Å². The summed E-state index contributed by atoms with van der Waals surface area (Å²) >= 11 is 0. The van der Waals surface area contributed by atoms with Gasteiger partial charge in [-0.2, -0.15) is 0 Å². The number of amides is 1. The number of rotatable bonds is 4. The number of carbonyl (C=O) groups excluding carboxylic acids is 1. The zero-order chi connectivity index (χ0) is 12.6. The molecule has 0 spiro atoms. The predicted molar refractivity (Wildman–Crippen MR) is 63.7 cm³/mol. The third-order valence-corrected chi connectivity index (χ3v) is 3.94. The molecule has 17 heavy (non-hydrogen) atoms. The van der Waals surface area contributed by atoms with E-state index in [9.17, 15) is 13.2 Å². The molecule has 1 heterocycles. The third kappa shape index (κ3) is 2.63. The van der Waals surface area contributed by atoms with Crippen molar-refractivity contribution in [3.63, 3.8) is 0 Å². The van der Waals surface area contributed by atoms with E-state index in [1.165, 1.54) is 12.3 Å². The molecule has 1 aromatic heterocycles. The molecule has 0 bridgehead atoms. The van der Waals surface area contributed by atoms with Crippen molar-refractivity contribution in [3.05, 3.63) is 18.0 Å². The molecule has 0 radical (unpaired) electrons. The van der Waals surface area contributed by atoms with Crippen molar-refractivity contribution < 1.29 is 13.2 Å². The standard InChI is InChI=1S/C10H13ClN2O3S/c1-2-12-10(14)9-5-8(17(11,15)16)6-13(9)7-3-4-7/h5-7H,2-4H2,1H3,(H,12,14). The summed E-state index contributed by atoms with van der Waals surface area (Å²) in [6, 6.07) is 1.55. The molecule has 1 aliphatic carbocycles. The molecule has 1 aromatic rings. The van der Waals surface area contributed by atoms with Crippen LogP contribution in [-0.2, 0) is 9.05 Å². The Labute approximate surface area is 104 Å². The minimum absolute atomic E-state index is 0.0210. The average molecular weight is 277 g/mol. The van der Waals surface area contributed by atoms with Gasteiger partial charge >= 0.3 is 0 Å². The van der Waals surface area contributed by atoms with Crippen LogP contribution >= 0.6 is 10.7 Å². The monoisotopic (exact) mass is 276 g/mol. The molecule has 0 unspecified atom stereocenters. The van der Waals surface area contributed by atoms with Crippen LogP contribution in [-0.4, -0.2) is 25.4 Å². The number of carbonyl (C=O) groups is 1. The third-order valence-electron chi connectivity index (χ3n) is 2.62. The van der Waals surface area contributed by atoms with Crippen molar-refractivity contribution in [1.82, 2.24) is 9.88 Å². The van der Waals surface area contributed by atoms with Gasteiger partial charge in [0.25, 0.3) is 15.0 Å². The van der Waals surface area contributed by atoms with Crippen molar-refractivity contribution in [2.75, 3.05) is 6.54 Å². The van der Waals surface area contributed by atoms with Gasteiger partial charge in [0, 0.05) is 29.5 Å². The van der Waals surface area contributed by atoms with Gasteiger partial charge in [0.2, 0.25) is 0 Å². The van der Waals surface area contributed by atoms with Crippen molar-refractivity contribution in [2.24, 2.45) is 0 Å². The molecule has 0 aromatic carbocycles. The molecule has 1 N–H and O–H groups in total. The first-order valence-electron chi connectivity index (χ1n) is 5.38. The molecular formula is C10H13ClN2O3S. The SMILES string of the molecule is CCNC(=O)c1cc(S(=O)(=O)Cl)cn1C1CC1. The quantitative estimate of drug-likeness (QED) is 0.848. The van der Waals surface area contributed by atoms with Gasteiger partial charge in [-0.1, -0.05) is 0 Å². The maximum absolute atomic E-state index is 11.8.